The van der Waals surface area contributed by atoms with Crippen molar-refractivity contribution in [2.75, 3.05) is 13.7 Å². The summed E-state index contributed by atoms with van der Waals surface area (Å²) < 4.78 is 22.4. The zero-order valence-electron chi connectivity index (χ0n) is 19.9. The third kappa shape index (κ3) is 6.79. The van der Waals surface area contributed by atoms with Crippen molar-refractivity contribution in [3.63, 3.8) is 0 Å². The first-order valence-corrected chi connectivity index (χ1v) is 11.2. The van der Waals surface area contributed by atoms with Gasteiger partial charge in [0.05, 0.1) is 13.2 Å². The zero-order chi connectivity index (χ0) is 23.9. The minimum Gasteiger partial charge on any atom is -0.466 e. The fraction of sp³-hybridized carbons (Fsp3) is 0.640. The molecule has 1 heterocycles. The summed E-state index contributed by atoms with van der Waals surface area (Å²) in [6.45, 7) is 11.6. The first-order chi connectivity index (χ1) is 15.1. The minimum atomic E-state index is -0.930. The van der Waals surface area contributed by atoms with Crippen molar-refractivity contribution in [2.45, 2.75) is 84.0 Å². The summed E-state index contributed by atoms with van der Waals surface area (Å²) in [6, 6.07) is 0. The van der Waals surface area contributed by atoms with Crippen LogP contribution in [0.25, 0.3) is 0 Å². The van der Waals surface area contributed by atoms with E-state index in [-0.39, 0.29) is 30.6 Å². The SMILES string of the molecule is C=C(C)C1CC=C(C(=O)OC)CCC2OC2(COC(=O)CCC)C(OC(=O)C=C(C)C)C1. The molecule has 0 spiro atoms. The van der Waals surface area contributed by atoms with Crippen LogP contribution in [-0.4, -0.2) is 49.4 Å². The molecule has 2 rings (SSSR count). The average Bonchev–Trinajstić information content (AvgIpc) is 3.43. The van der Waals surface area contributed by atoms with Crippen LogP contribution in [-0.2, 0) is 33.3 Å². The Balaban J connectivity index is 2.36. The maximum atomic E-state index is 12.5. The fourth-order valence-corrected chi connectivity index (χ4v) is 4.01. The van der Waals surface area contributed by atoms with E-state index >= 15 is 0 Å². The van der Waals surface area contributed by atoms with Gasteiger partial charge in [0.25, 0.3) is 0 Å². The lowest BCUT2D eigenvalue weighted by Crippen LogP contribution is -2.42. The van der Waals surface area contributed by atoms with Gasteiger partial charge in [-0.05, 0) is 58.8 Å². The number of hydrogen-bond donors (Lipinski definition) is 0. The lowest BCUT2D eigenvalue weighted by molar-refractivity contribution is -0.154. The molecule has 1 aliphatic heterocycles. The van der Waals surface area contributed by atoms with Crippen molar-refractivity contribution in [1.82, 2.24) is 0 Å². The Morgan fingerprint density at radius 1 is 1.28 bits per heavy atom. The Labute approximate surface area is 190 Å². The van der Waals surface area contributed by atoms with E-state index in [1.165, 1.54) is 13.2 Å². The molecular weight excluding hydrogens is 412 g/mol. The van der Waals surface area contributed by atoms with Gasteiger partial charge in [-0.15, -0.1) is 0 Å². The van der Waals surface area contributed by atoms with Gasteiger partial charge in [-0.25, -0.2) is 9.59 Å². The van der Waals surface area contributed by atoms with Crippen LogP contribution < -0.4 is 0 Å². The van der Waals surface area contributed by atoms with E-state index in [1.807, 2.05) is 33.8 Å². The van der Waals surface area contributed by atoms with E-state index < -0.39 is 17.7 Å². The van der Waals surface area contributed by atoms with E-state index in [1.54, 1.807) is 0 Å². The van der Waals surface area contributed by atoms with Crippen LogP contribution in [0.1, 0.15) is 66.2 Å². The molecule has 4 unspecified atom stereocenters. The average molecular weight is 449 g/mol. The van der Waals surface area contributed by atoms with Crippen LogP contribution in [0, 0.1) is 5.92 Å². The molecule has 178 valence electrons. The fourth-order valence-electron chi connectivity index (χ4n) is 4.01. The van der Waals surface area contributed by atoms with Crippen molar-refractivity contribution in [2.24, 2.45) is 5.92 Å². The third-order valence-electron chi connectivity index (χ3n) is 5.94. The lowest BCUT2D eigenvalue weighted by Gasteiger charge is -2.29. The van der Waals surface area contributed by atoms with Gasteiger partial charge in [-0.3, -0.25) is 4.79 Å². The second kappa shape index (κ2) is 11.5. The summed E-state index contributed by atoms with van der Waals surface area (Å²) in [4.78, 5) is 36.8. The first-order valence-electron chi connectivity index (χ1n) is 11.2. The lowest BCUT2D eigenvalue weighted by atomic mass is 9.83. The molecule has 2 aliphatic rings. The molecule has 32 heavy (non-hydrogen) atoms. The number of hydrogen-bond acceptors (Lipinski definition) is 7. The zero-order valence-corrected chi connectivity index (χ0v) is 19.9. The van der Waals surface area contributed by atoms with Crippen molar-refractivity contribution in [3.8, 4) is 0 Å². The number of carbonyl (C=O) groups excluding carboxylic acids is 3. The largest absolute Gasteiger partial charge is 0.466 e. The molecule has 0 N–H and O–H groups in total. The quantitative estimate of drug-likeness (QED) is 0.181. The van der Waals surface area contributed by atoms with Crippen LogP contribution in [0.3, 0.4) is 0 Å². The Morgan fingerprint density at radius 2 is 2.00 bits per heavy atom. The molecule has 1 aliphatic carbocycles. The van der Waals surface area contributed by atoms with Gasteiger partial charge >= 0.3 is 17.9 Å². The van der Waals surface area contributed by atoms with Gasteiger partial charge in [0.1, 0.15) is 12.7 Å². The molecular formula is C25H36O7. The molecule has 0 aromatic rings. The van der Waals surface area contributed by atoms with E-state index in [0.29, 0.717) is 44.1 Å². The highest BCUT2D eigenvalue weighted by Crippen LogP contribution is 2.48. The Morgan fingerprint density at radius 3 is 2.59 bits per heavy atom. The van der Waals surface area contributed by atoms with Crippen LogP contribution in [0.5, 0.6) is 0 Å². The van der Waals surface area contributed by atoms with E-state index in [0.717, 1.165) is 11.1 Å². The standard InChI is InChI=1S/C25H36O7/c1-7-8-22(26)30-15-25-20(32-25)12-11-18(24(28)29-6)9-10-19(17(4)5)14-21(25)31-23(27)13-16(2)3/h9,13,19-21H,4,7-8,10-12,14-15H2,1-3,5-6H3. The van der Waals surface area contributed by atoms with Crippen molar-refractivity contribution >= 4 is 17.9 Å². The number of epoxide rings is 1. The highest BCUT2D eigenvalue weighted by atomic mass is 16.7. The summed E-state index contributed by atoms with van der Waals surface area (Å²) in [7, 11) is 1.36. The molecule has 0 aromatic carbocycles. The van der Waals surface area contributed by atoms with E-state index in [4.69, 9.17) is 18.9 Å². The summed E-state index contributed by atoms with van der Waals surface area (Å²) >= 11 is 0. The predicted molar refractivity (Wildman–Crippen MR) is 120 cm³/mol. The first kappa shape index (κ1) is 25.8. The Bertz CT molecular complexity index is 790. The highest BCUT2D eigenvalue weighted by Gasteiger charge is 2.64. The molecule has 0 amide bonds. The molecule has 0 aromatic heterocycles. The third-order valence-corrected chi connectivity index (χ3v) is 5.94. The normalized spacial score (nSPS) is 27.2. The molecule has 7 nitrogen and oxygen atoms in total. The predicted octanol–water partition coefficient (Wildman–Crippen LogP) is 4.21. The number of ether oxygens (including phenoxy) is 4. The molecule has 0 radical (unpaired) electrons. The number of methoxy groups -OCH3 is 1. The maximum Gasteiger partial charge on any atom is 0.333 e. The van der Waals surface area contributed by atoms with Gasteiger partial charge < -0.3 is 18.9 Å². The van der Waals surface area contributed by atoms with Gasteiger partial charge in [-0.2, -0.15) is 0 Å². The Kier molecular flexibility index (Phi) is 9.25. The molecule has 0 saturated carbocycles. The van der Waals surface area contributed by atoms with Crippen LogP contribution in [0.4, 0.5) is 0 Å². The molecule has 7 heteroatoms. The molecule has 4 atom stereocenters. The van der Waals surface area contributed by atoms with Crippen molar-refractivity contribution in [3.05, 3.63) is 35.5 Å². The van der Waals surface area contributed by atoms with Crippen LogP contribution in [0.15, 0.2) is 35.5 Å². The molecule has 0 bridgehead atoms. The summed E-state index contributed by atoms with van der Waals surface area (Å²) in [5, 5.41) is 0. The second-order valence-electron chi connectivity index (χ2n) is 8.89. The second-order valence-corrected chi connectivity index (χ2v) is 8.89. The van der Waals surface area contributed by atoms with Gasteiger partial charge in [0, 0.05) is 18.1 Å². The Hall–Kier alpha value is -2.41. The summed E-state index contributed by atoms with van der Waals surface area (Å²) in [6.07, 6.45) is 5.40. The van der Waals surface area contributed by atoms with Gasteiger partial charge in [0.15, 0.2) is 5.60 Å². The van der Waals surface area contributed by atoms with Gasteiger partial charge in [0.2, 0.25) is 0 Å². The monoisotopic (exact) mass is 448 g/mol. The smallest absolute Gasteiger partial charge is 0.333 e. The van der Waals surface area contributed by atoms with Crippen LogP contribution >= 0.6 is 0 Å². The van der Waals surface area contributed by atoms with Crippen molar-refractivity contribution in [1.29, 1.82) is 0 Å². The number of carbonyl (C=O) groups is 3. The maximum absolute atomic E-state index is 12.5. The van der Waals surface area contributed by atoms with E-state index in [2.05, 4.69) is 6.58 Å². The number of esters is 3. The summed E-state index contributed by atoms with van der Waals surface area (Å²) in [5.74, 6) is -1.18. The van der Waals surface area contributed by atoms with Crippen molar-refractivity contribution < 1.29 is 33.3 Å². The molecule has 1 saturated heterocycles. The van der Waals surface area contributed by atoms with Crippen LogP contribution in [0.2, 0.25) is 0 Å². The summed E-state index contributed by atoms with van der Waals surface area (Å²) in [5.41, 5.74) is 1.39. The van der Waals surface area contributed by atoms with Gasteiger partial charge in [-0.1, -0.05) is 30.7 Å². The molecule has 1 fully saturated rings. The number of fused-ring (bicyclic) bond motifs is 1. The minimum absolute atomic E-state index is 0.00342. The topological polar surface area (TPSA) is 91.4 Å². The number of rotatable bonds is 8. The highest BCUT2D eigenvalue weighted by molar-refractivity contribution is 5.88. The van der Waals surface area contributed by atoms with E-state index in [9.17, 15) is 14.4 Å². The number of allylic oxidation sites excluding steroid dienone is 3.